The first kappa shape index (κ1) is 14.6. The highest BCUT2D eigenvalue weighted by atomic mass is 16.2. The summed E-state index contributed by atoms with van der Waals surface area (Å²) in [6.45, 7) is 3.37. The van der Waals surface area contributed by atoms with E-state index in [1.165, 1.54) is 18.4 Å². The summed E-state index contributed by atoms with van der Waals surface area (Å²) in [6, 6.07) is 1.93. The lowest BCUT2D eigenvalue weighted by Crippen LogP contribution is -2.46. The SMILES string of the molecule is C/C(=C\C(=O)N1CCC(NC(=O)CC#N)CC1)C1CC1. The van der Waals surface area contributed by atoms with Crippen LogP contribution in [0, 0.1) is 17.2 Å². The highest BCUT2D eigenvalue weighted by molar-refractivity contribution is 5.88. The monoisotopic (exact) mass is 275 g/mol. The lowest BCUT2D eigenvalue weighted by molar-refractivity contribution is -0.127. The fourth-order valence-corrected chi connectivity index (χ4v) is 2.54. The number of likely N-dealkylation sites (tertiary alicyclic amines) is 1. The Morgan fingerprint density at radius 3 is 2.50 bits per heavy atom. The zero-order valence-electron chi connectivity index (χ0n) is 11.9. The summed E-state index contributed by atoms with van der Waals surface area (Å²) < 4.78 is 0. The standard InChI is InChI=1S/C15H21N3O2/c1-11(12-2-3-12)10-15(20)18-8-5-13(6-9-18)17-14(19)4-7-16/h10,12-13H,2-6,8-9H2,1H3,(H,17,19)/b11-10+. The molecule has 0 aromatic heterocycles. The van der Waals surface area contributed by atoms with Gasteiger partial charge in [-0.1, -0.05) is 5.57 Å². The van der Waals surface area contributed by atoms with Crippen LogP contribution in [0.25, 0.3) is 0 Å². The average molecular weight is 275 g/mol. The van der Waals surface area contributed by atoms with Crippen molar-refractivity contribution in [3.05, 3.63) is 11.6 Å². The fraction of sp³-hybridized carbons (Fsp3) is 0.667. The quantitative estimate of drug-likeness (QED) is 0.787. The molecule has 0 aromatic carbocycles. The Hall–Kier alpha value is -1.83. The Morgan fingerprint density at radius 2 is 1.95 bits per heavy atom. The minimum atomic E-state index is -0.221. The van der Waals surface area contributed by atoms with Gasteiger partial charge in [-0.2, -0.15) is 5.26 Å². The topological polar surface area (TPSA) is 73.2 Å². The van der Waals surface area contributed by atoms with Gasteiger partial charge in [0.1, 0.15) is 6.42 Å². The van der Waals surface area contributed by atoms with Crippen LogP contribution in [0.2, 0.25) is 0 Å². The second-order valence-corrected chi connectivity index (χ2v) is 5.66. The van der Waals surface area contributed by atoms with Gasteiger partial charge in [0, 0.05) is 25.2 Å². The van der Waals surface area contributed by atoms with Crippen LogP contribution in [0.4, 0.5) is 0 Å². The normalized spacial score (nSPS) is 20.4. The molecule has 20 heavy (non-hydrogen) atoms. The number of hydrogen-bond acceptors (Lipinski definition) is 3. The third-order valence-electron chi connectivity index (χ3n) is 3.98. The van der Waals surface area contributed by atoms with Gasteiger partial charge in [-0.15, -0.1) is 0 Å². The first-order valence-corrected chi connectivity index (χ1v) is 7.23. The van der Waals surface area contributed by atoms with Crippen molar-refractivity contribution in [2.24, 2.45) is 5.92 Å². The zero-order chi connectivity index (χ0) is 14.5. The number of allylic oxidation sites excluding steroid dienone is 1. The van der Waals surface area contributed by atoms with Gasteiger partial charge in [-0.25, -0.2) is 0 Å². The molecule has 1 N–H and O–H groups in total. The van der Waals surface area contributed by atoms with Crippen LogP contribution < -0.4 is 5.32 Å². The van der Waals surface area contributed by atoms with E-state index in [4.69, 9.17) is 5.26 Å². The minimum absolute atomic E-state index is 0.0911. The van der Waals surface area contributed by atoms with Gasteiger partial charge in [0.25, 0.3) is 0 Å². The predicted molar refractivity (Wildman–Crippen MR) is 74.5 cm³/mol. The Balaban J connectivity index is 1.76. The molecule has 0 radical (unpaired) electrons. The third-order valence-corrected chi connectivity index (χ3v) is 3.98. The molecule has 5 nitrogen and oxygen atoms in total. The first-order valence-electron chi connectivity index (χ1n) is 7.23. The van der Waals surface area contributed by atoms with Crippen LogP contribution in [-0.2, 0) is 9.59 Å². The molecule has 108 valence electrons. The van der Waals surface area contributed by atoms with Crippen molar-refractivity contribution in [1.29, 1.82) is 5.26 Å². The van der Waals surface area contributed by atoms with E-state index in [2.05, 4.69) is 5.32 Å². The summed E-state index contributed by atoms with van der Waals surface area (Å²) in [4.78, 5) is 25.3. The molecule has 2 fully saturated rings. The van der Waals surface area contributed by atoms with Crippen LogP contribution in [0.3, 0.4) is 0 Å². The molecule has 2 amide bonds. The lowest BCUT2D eigenvalue weighted by Gasteiger charge is -2.31. The number of nitrogens with zero attached hydrogens (tertiary/aromatic N) is 2. The van der Waals surface area contributed by atoms with Crippen LogP contribution >= 0.6 is 0 Å². The van der Waals surface area contributed by atoms with E-state index in [0.717, 1.165) is 12.8 Å². The molecule has 2 aliphatic rings. The second-order valence-electron chi connectivity index (χ2n) is 5.66. The molecule has 1 saturated heterocycles. The molecule has 0 atom stereocenters. The van der Waals surface area contributed by atoms with Gasteiger partial charge in [0.15, 0.2) is 0 Å². The maximum Gasteiger partial charge on any atom is 0.246 e. The molecule has 2 rings (SSSR count). The van der Waals surface area contributed by atoms with Crippen molar-refractivity contribution in [2.45, 2.75) is 45.1 Å². The van der Waals surface area contributed by atoms with E-state index in [0.29, 0.717) is 19.0 Å². The van der Waals surface area contributed by atoms with E-state index in [1.807, 2.05) is 17.9 Å². The van der Waals surface area contributed by atoms with E-state index < -0.39 is 0 Å². The van der Waals surface area contributed by atoms with Crippen molar-refractivity contribution < 1.29 is 9.59 Å². The second kappa shape index (κ2) is 6.56. The van der Waals surface area contributed by atoms with Crippen LogP contribution in [0.1, 0.15) is 39.0 Å². The summed E-state index contributed by atoms with van der Waals surface area (Å²) in [6.07, 6.45) is 5.62. The number of hydrogen-bond donors (Lipinski definition) is 1. The maximum atomic E-state index is 12.1. The summed E-state index contributed by atoms with van der Waals surface area (Å²) in [5.41, 5.74) is 1.19. The highest BCUT2D eigenvalue weighted by Gasteiger charge is 2.26. The molecule has 0 spiro atoms. The molecule has 0 bridgehead atoms. The molecule has 0 unspecified atom stereocenters. The molecule has 1 heterocycles. The number of piperidine rings is 1. The van der Waals surface area contributed by atoms with E-state index >= 15 is 0 Å². The van der Waals surface area contributed by atoms with E-state index in [9.17, 15) is 9.59 Å². The average Bonchev–Trinajstić information content (AvgIpc) is 3.24. The van der Waals surface area contributed by atoms with Crippen molar-refractivity contribution in [2.75, 3.05) is 13.1 Å². The van der Waals surface area contributed by atoms with Crippen molar-refractivity contribution in [3.63, 3.8) is 0 Å². The zero-order valence-corrected chi connectivity index (χ0v) is 11.9. The first-order chi connectivity index (χ1) is 9.60. The molecule has 0 aromatic rings. The van der Waals surface area contributed by atoms with E-state index in [-0.39, 0.29) is 24.3 Å². The number of rotatable bonds is 4. The summed E-state index contributed by atoms with van der Waals surface area (Å²) >= 11 is 0. The molecule has 1 aliphatic carbocycles. The van der Waals surface area contributed by atoms with Crippen LogP contribution in [-0.4, -0.2) is 35.8 Å². The number of nitriles is 1. The Morgan fingerprint density at radius 1 is 1.30 bits per heavy atom. The van der Waals surface area contributed by atoms with Gasteiger partial charge in [0.05, 0.1) is 6.07 Å². The Bertz CT molecular complexity index is 452. The largest absolute Gasteiger partial charge is 0.352 e. The summed E-state index contributed by atoms with van der Waals surface area (Å²) in [5, 5.41) is 11.3. The number of carbonyl (C=O) groups is 2. The van der Waals surface area contributed by atoms with E-state index in [1.54, 1.807) is 6.08 Å². The lowest BCUT2D eigenvalue weighted by atomic mass is 10.0. The molecule has 5 heteroatoms. The van der Waals surface area contributed by atoms with Crippen molar-refractivity contribution in [3.8, 4) is 6.07 Å². The Kier molecular flexibility index (Phi) is 4.78. The number of carbonyl (C=O) groups excluding carboxylic acids is 2. The van der Waals surface area contributed by atoms with Crippen LogP contribution in [0.5, 0.6) is 0 Å². The third kappa shape index (κ3) is 4.09. The fourth-order valence-electron chi connectivity index (χ4n) is 2.54. The van der Waals surface area contributed by atoms with Gasteiger partial charge < -0.3 is 10.2 Å². The van der Waals surface area contributed by atoms with Gasteiger partial charge in [0.2, 0.25) is 11.8 Å². The Labute approximate surface area is 119 Å². The molecule has 1 saturated carbocycles. The van der Waals surface area contributed by atoms with Gasteiger partial charge in [-0.05, 0) is 38.5 Å². The summed E-state index contributed by atoms with van der Waals surface area (Å²) in [5.74, 6) is 0.500. The smallest absolute Gasteiger partial charge is 0.246 e. The van der Waals surface area contributed by atoms with Crippen molar-refractivity contribution in [1.82, 2.24) is 10.2 Å². The van der Waals surface area contributed by atoms with Gasteiger partial charge in [-0.3, -0.25) is 9.59 Å². The van der Waals surface area contributed by atoms with Gasteiger partial charge >= 0.3 is 0 Å². The number of amides is 2. The molecule has 1 aliphatic heterocycles. The summed E-state index contributed by atoms with van der Waals surface area (Å²) in [7, 11) is 0. The minimum Gasteiger partial charge on any atom is -0.352 e. The van der Waals surface area contributed by atoms with Crippen LogP contribution in [0.15, 0.2) is 11.6 Å². The molecular formula is C15H21N3O2. The number of nitrogens with one attached hydrogen (secondary N) is 1. The highest BCUT2D eigenvalue weighted by Crippen LogP contribution is 2.36. The molecular weight excluding hydrogens is 254 g/mol. The van der Waals surface area contributed by atoms with Crippen molar-refractivity contribution >= 4 is 11.8 Å². The maximum absolute atomic E-state index is 12.1. The predicted octanol–water partition coefficient (Wildman–Crippen LogP) is 1.36.